The zero-order chi connectivity index (χ0) is 8.43. The molecule has 1 nitrogen and oxygen atoms in total. The van der Waals surface area contributed by atoms with Crippen LogP contribution in [-0.4, -0.2) is 20.6 Å². The maximum absolute atomic E-state index is 4.33. The van der Waals surface area contributed by atoms with Crippen molar-refractivity contribution in [2.45, 2.75) is 20.8 Å². The molecule has 0 aliphatic carbocycles. The molecule has 1 aliphatic heterocycles. The average Bonchev–Trinajstić information content (AvgIpc) is 1.94. The van der Waals surface area contributed by atoms with E-state index in [0.717, 1.165) is 12.5 Å². The van der Waals surface area contributed by atoms with Gasteiger partial charge in [-0.1, -0.05) is 24.9 Å². The van der Waals surface area contributed by atoms with Crippen LogP contribution in [-0.2, 0) is 0 Å². The Morgan fingerprint density at radius 1 is 1.64 bits per heavy atom. The lowest BCUT2D eigenvalue weighted by Crippen LogP contribution is -2.19. The lowest BCUT2D eigenvalue weighted by atomic mass is 9.79. The molecule has 0 amide bonds. The van der Waals surface area contributed by atoms with Crippen LogP contribution in [0.4, 0.5) is 0 Å². The molecule has 0 fully saturated rings. The van der Waals surface area contributed by atoms with E-state index in [4.69, 9.17) is 0 Å². The normalized spacial score (nSPS) is 24.9. The molecular formula is C9H16BN. The van der Waals surface area contributed by atoms with Crippen LogP contribution < -0.4 is 0 Å². The highest BCUT2D eigenvalue weighted by Crippen LogP contribution is 2.24. The number of rotatable bonds is 1. The maximum Gasteiger partial charge on any atom is 0.141 e. The van der Waals surface area contributed by atoms with Gasteiger partial charge in [0.1, 0.15) is 7.85 Å². The molecule has 0 bridgehead atoms. The van der Waals surface area contributed by atoms with Crippen LogP contribution in [0.25, 0.3) is 0 Å². The van der Waals surface area contributed by atoms with E-state index in [-0.39, 0.29) is 0 Å². The quantitative estimate of drug-likeness (QED) is 0.497. The van der Waals surface area contributed by atoms with Crippen LogP contribution in [0.3, 0.4) is 0 Å². The van der Waals surface area contributed by atoms with Gasteiger partial charge in [-0.2, -0.15) is 0 Å². The first-order valence-electron chi connectivity index (χ1n) is 4.30. The van der Waals surface area contributed by atoms with Crippen molar-refractivity contribution in [1.82, 2.24) is 0 Å². The van der Waals surface area contributed by atoms with Gasteiger partial charge in [0.15, 0.2) is 0 Å². The van der Waals surface area contributed by atoms with E-state index in [1.807, 2.05) is 6.21 Å². The summed E-state index contributed by atoms with van der Waals surface area (Å²) in [6.07, 6.45) is 1.99. The summed E-state index contributed by atoms with van der Waals surface area (Å²) in [5.41, 5.74) is 2.88. The summed E-state index contributed by atoms with van der Waals surface area (Å²) in [4.78, 5) is 4.33. The Kier molecular flexibility index (Phi) is 2.53. The van der Waals surface area contributed by atoms with E-state index in [1.165, 1.54) is 11.0 Å². The highest BCUT2D eigenvalue weighted by Gasteiger charge is 2.17. The van der Waals surface area contributed by atoms with Crippen LogP contribution in [0.15, 0.2) is 16.0 Å². The third-order valence-corrected chi connectivity index (χ3v) is 2.57. The molecular weight excluding hydrogens is 133 g/mol. The van der Waals surface area contributed by atoms with Gasteiger partial charge in [0.2, 0.25) is 0 Å². The van der Waals surface area contributed by atoms with Gasteiger partial charge in [0, 0.05) is 18.7 Å². The van der Waals surface area contributed by atoms with Gasteiger partial charge in [-0.3, -0.25) is 4.99 Å². The number of hydrogen-bond acceptors (Lipinski definition) is 1. The molecule has 1 heterocycles. The molecule has 0 aromatic carbocycles. The maximum atomic E-state index is 4.33. The summed E-state index contributed by atoms with van der Waals surface area (Å²) in [5, 5.41) is 0. The number of nitrogens with zero attached hydrogens (tertiary/aromatic N) is 1. The zero-order valence-electron chi connectivity index (χ0n) is 7.89. The second kappa shape index (κ2) is 3.25. The highest BCUT2D eigenvalue weighted by atomic mass is 14.7. The van der Waals surface area contributed by atoms with Crippen molar-refractivity contribution in [3.05, 3.63) is 11.0 Å². The van der Waals surface area contributed by atoms with Crippen molar-refractivity contribution in [3.8, 4) is 0 Å². The van der Waals surface area contributed by atoms with Crippen molar-refractivity contribution in [3.63, 3.8) is 0 Å². The fourth-order valence-electron chi connectivity index (χ4n) is 1.55. The lowest BCUT2D eigenvalue weighted by molar-refractivity contribution is 0.450. The third-order valence-electron chi connectivity index (χ3n) is 2.57. The van der Waals surface area contributed by atoms with Gasteiger partial charge in [-0.05, 0) is 12.8 Å². The summed E-state index contributed by atoms with van der Waals surface area (Å²) in [7, 11) is 2.15. The number of dihydropyridines is 1. The average molecular weight is 149 g/mol. The van der Waals surface area contributed by atoms with E-state index < -0.39 is 0 Å². The molecule has 1 rings (SSSR count). The number of aliphatic imine (C=N–C) groups is 1. The predicted octanol–water partition coefficient (Wildman–Crippen LogP) is 1.25. The minimum atomic E-state index is 0.681. The summed E-state index contributed by atoms with van der Waals surface area (Å²) in [6.45, 7) is 7.75. The zero-order valence-corrected chi connectivity index (χ0v) is 7.89. The smallest absolute Gasteiger partial charge is 0.141 e. The van der Waals surface area contributed by atoms with Gasteiger partial charge in [-0.15, -0.1) is 0 Å². The fourth-order valence-corrected chi connectivity index (χ4v) is 1.55. The number of allylic oxidation sites excluding steroid dienone is 1. The van der Waals surface area contributed by atoms with Crippen LogP contribution in [0.2, 0.25) is 0 Å². The van der Waals surface area contributed by atoms with Crippen LogP contribution >= 0.6 is 0 Å². The van der Waals surface area contributed by atoms with Crippen LogP contribution in [0.1, 0.15) is 20.8 Å². The Morgan fingerprint density at radius 2 is 2.27 bits per heavy atom. The standard InChI is InChI=1S/C9H16BN/c1-6(2)8-4-11-5-9(10)7(8)3/h5-6,8H,4,10H2,1-3H3. The molecule has 0 saturated heterocycles. The van der Waals surface area contributed by atoms with Gasteiger partial charge in [0.25, 0.3) is 0 Å². The van der Waals surface area contributed by atoms with Gasteiger partial charge in [0.05, 0.1) is 0 Å². The Morgan fingerprint density at radius 3 is 2.73 bits per heavy atom. The van der Waals surface area contributed by atoms with E-state index in [9.17, 15) is 0 Å². The minimum absolute atomic E-state index is 0.681. The monoisotopic (exact) mass is 149 g/mol. The molecule has 11 heavy (non-hydrogen) atoms. The highest BCUT2D eigenvalue weighted by molar-refractivity contribution is 6.33. The number of hydrogen-bond donors (Lipinski definition) is 0. The van der Waals surface area contributed by atoms with Crippen LogP contribution in [0.5, 0.6) is 0 Å². The van der Waals surface area contributed by atoms with Crippen molar-refractivity contribution in [1.29, 1.82) is 0 Å². The van der Waals surface area contributed by atoms with Gasteiger partial charge >= 0.3 is 0 Å². The molecule has 60 valence electrons. The Bertz CT molecular complexity index is 204. The predicted molar refractivity (Wildman–Crippen MR) is 52.9 cm³/mol. The SMILES string of the molecule is BC1=C(C)C(C(C)C)CN=C1. The Labute approximate surface area is 70.0 Å². The minimum Gasteiger partial charge on any atom is -0.293 e. The molecule has 2 heteroatoms. The summed E-state index contributed by atoms with van der Waals surface area (Å²) < 4.78 is 0. The molecule has 0 aromatic rings. The summed E-state index contributed by atoms with van der Waals surface area (Å²) in [6, 6.07) is 0. The van der Waals surface area contributed by atoms with E-state index >= 15 is 0 Å². The molecule has 1 atom stereocenters. The molecule has 0 spiro atoms. The van der Waals surface area contributed by atoms with Crippen molar-refractivity contribution >= 4 is 14.1 Å². The topological polar surface area (TPSA) is 12.4 Å². The fraction of sp³-hybridized carbons (Fsp3) is 0.667. The second-order valence-corrected chi connectivity index (χ2v) is 3.71. The van der Waals surface area contributed by atoms with Gasteiger partial charge < -0.3 is 0 Å². The molecule has 1 unspecified atom stereocenters. The summed E-state index contributed by atoms with van der Waals surface area (Å²) >= 11 is 0. The summed E-state index contributed by atoms with van der Waals surface area (Å²) in [5.74, 6) is 1.40. The molecule has 0 N–H and O–H groups in total. The molecule has 0 radical (unpaired) electrons. The van der Waals surface area contributed by atoms with Crippen molar-refractivity contribution in [2.75, 3.05) is 6.54 Å². The first kappa shape index (κ1) is 8.57. The van der Waals surface area contributed by atoms with Crippen LogP contribution in [0, 0.1) is 11.8 Å². The lowest BCUT2D eigenvalue weighted by Gasteiger charge is -2.24. The molecule has 0 aromatic heterocycles. The van der Waals surface area contributed by atoms with Gasteiger partial charge in [-0.25, -0.2) is 0 Å². The first-order valence-corrected chi connectivity index (χ1v) is 4.30. The largest absolute Gasteiger partial charge is 0.293 e. The first-order chi connectivity index (χ1) is 5.13. The Balaban J connectivity index is 2.81. The van der Waals surface area contributed by atoms with E-state index in [0.29, 0.717) is 5.92 Å². The van der Waals surface area contributed by atoms with Crippen molar-refractivity contribution < 1.29 is 0 Å². The van der Waals surface area contributed by atoms with E-state index in [1.54, 1.807) is 0 Å². The third kappa shape index (κ3) is 1.73. The Hall–Kier alpha value is -0.525. The molecule has 1 aliphatic rings. The molecule has 0 saturated carbocycles. The van der Waals surface area contributed by atoms with E-state index in [2.05, 4.69) is 33.6 Å². The second-order valence-electron chi connectivity index (χ2n) is 3.71. The van der Waals surface area contributed by atoms with Crippen molar-refractivity contribution in [2.24, 2.45) is 16.8 Å².